The van der Waals surface area contributed by atoms with Crippen LogP contribution in [-0.4, -0.2) is 42.2 Å². The number of halogens is 4. The highest BCUT2D eigenvalue weighted by Crippen LogP contribution is 2.54. The summed E-state index contributed by atoms with van der Waals surface area (Å²) in [6.07, 6.45) is 2.12. The summed E-state index contributed by atoms with van der Waals surface area (Å²) in [7, 11) is 0. The number of amides is 1. The van der Waals surface area contributed by atoms with Crippen molar-refractivity contribution in [1.82, 2.24) is 10.2 Å². The van der Waals surface area contributed by atoms with E-state index in [2.05, 4.69) is 11.4 Å². The fraction of sp³-hybridized carbons (Fsp3) is 0.609. The highest BCUT2D eigenvalue weighted by molar-refractivity contribution is 5.85. The molecular formula is C23H30ClF3N2O. The normalized spacial score (nSPS) is 25.9. The van der Waals surface area contributed by atoms with Crippen LogP contribution >= 0.6 is 12.4 Å². The molecule has 0 radical (unpaired) electrons. The van der Waals surface area contributed by atoms with E-state index in [1.807, 2.05) is 37.3 Å². The average Bonchev–Trinajstić information content (AvgIpc) is 3.46. The fourth-order valence-corrected chi connectivity index (χ4v) is 5.36. The van der Waals surface area contributed by atoms with Crippen LogP contribution in [0.5, 0.6) is 0 Å². The third-order valence-corrected chi connectivity index (χ3v) is 7.02. The van der Waals surface area contributed by atoms with Crippen LogP contribution in [0.25, 0.3) is 6.08 Å². The lowest BCUT2D eigenvalue weighted by molar-refractivity contribution is -0.193. The maximum absolute atomic E-state index is 13.4. The summed E-state index contributed by atoms with van der Waals surface area (Å²) in [5.41, 5.74) is 2.33. The molecule has 1 heterocycles. The van der Waals surface area contributed by atoms with Gasteiger partial charge in [-0.25, -0.2) is 0 Å². The quantitative estimate of drug-likeness (QED) is 0.678. The van der Waals surface area contributed by atoms with Crippen molar-refractivity contribution in [3.63, 3.8) is 0 Å². The van der Waals surface area contributed by atoms with Gasteiger partial charge in [-0.05, 0) is 62.6 Å². The predicted octanol–water partition coefficient (Wildman–Crippen LogP) is 5.21. The molecule has 2 saturated carbocycles. The van der Waals surface area contributed by atoms with Crippen molar-refractivity contribution in [1.29, 1.82) is 0 Å². The van der Waals surface area contributed by atoms with Gasteiger partial charge in [0.15, 0.2) is 0 Å². The molecule has 0 unspecified atom stereocenters. The summed E-state index contributed by atoms with van der Waals surface area (Å²) < 4.78 is 40.1. The molecule has 0 bridgehead atoms. The molecule has 3 fully saturated rings. The average molecular weight is 443 g/mol. The predicted molar refractivity (Wildman–Crippen MR) is 114 cm³/mol. The Labute approximate surface area is 182 Å². The van der Waals surface area contributed by atoms with Gasteiger partial charge in [-0.2, -0.15) is 13.2 Å². The Morgan fingerprint density at radius 2 is 1.83 bits per heavy atom. The fourth-order valence-electron chi connectivity index (χ4n) is 5.36. The van der Waals surface area contributed by atoms with Gasteiger partial charge in [0.05, 0.1) is 0 Å². The second-order valence-electron chi connectivity index (χ2n) is 8.92. The van der Waals surface area contributed by atoms with Crippen LogP contribution in [0.1, 0.15) is 51.0 Å². The smallest absolute Gasteiger partial charge is 0.328 e. The Morgan fingerprint density at radius 3 is 2.40 bits per heavy atom. The summed E-state index contributed by atoms with van der Waals surface area (Å²) in [6, 6.07) is 9.26. The molecule has 30 heavy (non-hydrogen) atoms. The lowest BCUT2D eigenvalue weighted by atomic mass is 9.60. The monoisotopic (exact) mass is 442 g/mol. The highest BCUT2D eigenvalue weighted by atomic mass is 35.5. The van der Waals surface area contributed by atoms with E-state index in [-0.39, 0.29) is 35.8 Å². The number of carbonyl (C=O) groups excluding carboxylic acids is 1. The van der Waals surface area contributed by atoms with E-state index in [4.69, 9.17) is 0 Å². The minimum atomic E-state index is -4.81. The molecule has 1 saturated heterocycles. The first-order valence-electron chi connectivity index (χ1n) is 10.7. The van der Waals surface area contributed by atoms with Crippen molar-refractivity contribution < 1.29 is 18.0 Å². The van der Waals surface area contributed by atoms with E-state index in [1.54, 1.807) is 0 Å². The molecule has 1 aromatic rings. The van der Waals surface area contributed by atoms with Crippen molar-refractivity contribution in [2.24, 2.45) is 11.3 Å². The lowest BCUT2D eigenvalue weighted by Gasteiger charge is -2.54. The van der Waals surface area contributed by atoms with E-state index < -0.39 is 12.1 Å². The molecule has 7 heteroatoms. The number of piperidine rings is 1. The van der Waals surface area contributed by atoms with Crippen LogP contribution in [0.3, 0.4) is 0 Å². The molecule has 3 aliphatic rings. The third kappa shape index (κ3) is 4.70. The first kappa shape index (κ1) is 23.1. The van der Waals surface area contributed by atoms with Crippen molar-refractivity contribution in [2.75, 3.05) is 13.1 Å². The summed E-state index contributed by atoms with van der Waals surface area (Å²) in [6.45, 7) is 3.88. The number of carbonyl (C=O) groups is 1. The molecule has 2 aliphatic carbocycles. The Bertz CT molecular complexity index is 766. The first-order valence-corrected chi connectivity index (χ1v) is 10.7. The molecular weight excluding hydrogens is 413 g/mol. The van der Waals surface area contributed by atoms with Gasteiger partial charge in [-0.15, -0.1) is 12.4 Å². The van der Waals surface area contributed by atoms with Crippen LogP contribution in [0.2, 0.25) is 0 Å². The molecule has 0 aromatic heterocycles. The van der Waals surface area contributed by atoms with Gasteiger partial charge in [0.25, 0.3) is 0 Å². The van der Waals surface area contributed by atoms with Gasteiger partial charge in [0.2, 0.25) is 0 Å². The topological polar surface area (TPSA) is 32.3 Å². The SMILES string of the molecule is CC/C(=C\c1ccccc1)[C@@H]1C[C@H]1N(C(=O)C(F)(F)F)C1CC2(CCNCC2)C1.Cl. The molecule has 3 nitrogen and oxygen atoms in total. The molecule has 1 aromatic carbocycles. The molecule has 166 valence electrons. The molecule has 4 rings (SSSR count). The first-order chi connectivity index (χ1) is 13.8. The zero-order valence-electron chi connectivity index (χ0n) is 17.3. The van der Waals surface area contributed by atoms with Crippen molar-refractivity contribution in [3.05, 3.63) is 41.5 Å². The van der Waals surface area contributed by atoms with Crippen LogP contribution in [0.15, 0.2) is 35.9 Å². The Hall–Kier alpha value is -1.53. The van der Waals surface area contributed by atoms with Gasteiger partial charge in [0.1, 0.15) is 0 Å². The van der Waals surface area contributed by atoms with Gasteiger partial charge in [-0.1, -0.05) is 48.9 Å². The van der Waals surface area contributed by atoms with Crippen LogP contribution < -0.4 is 5.32 Å². The second kappa shape index (κ2) is 8.91. The van der Waals surface area contributed by atoms with Gasteiger partial charge in [0, 0.05) is 18.0 Å². The number of nitrogens with one attached hydrogen (secondary N) is 1. The van der Waals surface area contributed by atoms with Crippen LogP contribution in [0.4, 0.5) is 13.2 Å². The second-order valence-corrected chi connectivity index (χ2v) is 8.92. The highest BCUT2D eigenvalue weighted by Gasteiger charge is 2.58. The number of rotatable bonds is 5. The summed E-state index contributed by atoms with van der Waals surface area (Å²) in [5.74, 6) is -1.61. The zero-order chi connectivity index (χ0) is 20.6. The van der Waals surface area contributed by atoms with E-state index in [9.17, 15) is 18.0 Å². The van der Waals surface area contributed by atoms with Crippen molar-refractivity contribution in [2.45, 2.75) is 63.7 Å². The van der Waals surface area contributed by atoms with Crippen LogP contribution in [0, 0.1) is 11.3 Å². The number of hydrogen-bond acceptors (Lipinski definition) is 2. The Morgan fingerprint density at radius 1 is 1.20 bits per heavy atom. The maximum atomic E-state index is 13.4. The minimum Gasteiger partial charge on any atom is -0.328 e. The van der Waals surface area contributed by atoms with E-state index in [0.717, 1.165) is 43.5 Å². The van der Waals surface area contributed by atoms with Gasteiger partial charge >= 0.3 is 12.1 Å². The zero-order valence-corrected chi connectivity index (χ0v) is 18.1. The van der Waals surface area contributed by atoms with E-state index >= 15 is 0 Å². The van der Waals surface area contributed by atoms with Crippen LogP contribution in [-0.2, 0) is 4.79 Å². The van der Waals surface area contributed by atoms with Gasteiger partial charge in [-0.3, -0.25) is 4.79 Å². The third-order valence-electron chi connectivity index (χ3n) is 7.02. The minimum absolute atomic E-state index is 0. The summed E-state index contributed by atoms with van der Waals surface area (Å²) in [5, 5.41) is 3.32. The Balaban J connectivity index is 0.00000256. The molecule has 1 amide bonds. The maximum Gasteiger partial charge on any atom is 0.471 e. The number of alkyl halides is 3. The largest absolute Gasteiger partial charge is 0.471 e. The van der Waals surface area contributed by atoms with Gasteiger partial charge < -0.3 is 10.2 Å². The lowest BCUT2D eigenvalue weighted by Crippen LogP contribution is -2.59. The van der Waals surface area contributed by atoms with Crippen molar-refractivity contribution >= 4 is 24.4 Å². The standard InChI is InChI=1S/C23H29F3N2O.ClH/c1-2-17(12-16-6-4-3-5-7-16)19-13-20(19)28(21(29)23(24,25)26)18-14-22(15-18)8-10-27-11-9-22;/h3-7,12,18-20,27H,2,8-11,13-15H2,1H3;1H/b17-12+;/t19-,20+;/m0./s1. The van der Waals surface area contributed by atoms with E-state index in [0.29, 0.717) is 19.3 Å². The van der Waals surface area contributed by atoms with E-state index in [1.165, 1.54) is 4.90 Å². The number of nitrogens with zero attached hydrogens (tertiary/aromatic N) is 1. The summed E-state index contributed by atoms with van der Waals surface area (Å²) >= 11 is 0. The molecule has 1 aliphatic heterocycles. The number of hydrogen-bond donors (Lipinski definition) is 1. The molecule has 1 N–H and O–H groups in total. The van der Waals surface area contributed by atoms with Crippen molar-refractivity contribution in [3.8, 4) is 0 Å². The number of benzene rings is 1. The Kier molecular flexibility index (Phi) is 6.87. The molecule has 1 spiro atoms. The summed E-state index contributed by atoms with van der Waals surface area (Å²) in [4.78, 5) is 13.6. The molecule has 2 atom stereocenters.